The lowest BCUT2D eigenvalue weighted by atomic mass is 10.1. The van der Waals surface area contributed by atoms with Crippen LogP contribution < -0.4 is 5.32 Å². The number of phenols is 1. The molecule has 1 amide bonds. The Hall–Kier alpha value is -2.37. The van der Waals surface area contributed by atoms with Gasteiger partial charge in [0.1, 0.15) is 5.75 Å². The number of nitrogens with one attached hydrogen (secondary N) is 1. The first kappa shape index (κ1) is 18.4. The second-order valence-corrected chi connectivity index (χ2v) is 6.64. The summed E-state index contributed by atoms with van der Waals surface area (Å²) in [4.78, 5) is 14.6. The summed E-state index contributed by atoms with van der Waals surface area (Å²) in [5, 5.41) is 12.2. The van der Waals surface area contributed by atoms with Crippen molar-refractivity contribution in [2.24, 2.45) is 0 Å². The van der Waals surface area contributed by atoms with Gasteiger partial charge in [-0.2, -0.15) is 0 Å². The number of amides is 1. The van der Waals surface area contributed by atoms with Crippen molar-refractivity contribution in [1.29, 1.82) is 0 Å². The van der Waals surface area contributed by atoms with Gasteiger partial charge in [0.2, 0.25) is 0 Å². The number of aromatic hydroxyl groups is 1. The Bertz CT molecular complexity index is 688. The minimum Gasteiger partial charge on any atom is -0.508 e. The summed E-state index contributed by atoms with van der Waals surface area (Å²) in [6.45, 7) is 4.02. The summed E-state index contributed by atoms with van der Waals surface area (Å²) in [5.74, 6) is 0.0121. The molecule has 1 unspecified atom stereocenters. The van der Waals surface area contributed by atoms with Gasteiger partial charge in [-0.05, 0) is 49.2 Å². The van der Waals surface area contributed by atoms with E-state index in [0.29, 0.717) is 18.7 Å². The molecule has 0 aliphatic carbocycles. The molecule has 2 aromatic carbocycles. The first-order valence-corrected chi connectivity index (χ1v) is 9.16. The van der Waals surface area contributed by atoms with Crippen LogP contribution in [0.1, 0.15) is 22.3 Å². The molecule has 1 heterocycles. The van der Waals surface area contributed by atoms with Crippen molar-refractivity contribution in [3.63, 3.8) is 0 Å². The van der Waals surface area contributed by atoms with E-state index in [4.69, 9.17) is 4.74 Å². The Labute approximate surface area is 154 Å². The number of phenolic OH excluding ortho intramolecular Hbond substituents is 1. The van der Waals surface area contributed by atoms with Crippen LogP contribution in [0.4, 0.5) is 0 Å². The first-order valence-electron chi connectivity index (χ1n) is 9.16. The number of rotatable bonds is 7. The highest BCUT2D eigenvalue weighted by molar-refractivity contribution is 5.94. The lowest BCUT2D eigenvalue weighted by Gasteiger charge is -2.33. The molecule has 2 aromatic rings. The van der Waals surface area contributed by atoms with Crippen molar-refractivity contribution in [1.82, 2.24) is 10.2 Å². The van der Waals surface area contributed by atoms with Gasteiger partial charge in [0.05, 0.1) is 12.7 Å². The smallest absolute Gasteiger partial charge is 0.251 e. The number of carbonyl (C=O) groups excluding carboxylic acids is 1. The largest absolute Gasteiger partial charge is 0.508 e. The average Bonchev–Trinajstić information content (AvgIpc) is 2.68. The zero-order valence-electron chi connectivity index (χ0n) is 14.9. The summed E-state index contributed by atoms with van der Waals surface area (Å²) in [6, 6.07) is 16.8. The van der Waals surface area contributed by atoms with Crippen LogP contribution in [0, 0.1) is 0 Å². The SMILES string of the molecule is O=C(NCC1CN(CCCc2ccccc2)CCO1)c1ccc(O)cc1. The van der Waals surface area contributed by atoms with Crippen molar-refractivity contribution in [3.05, 3.63) is 65.7 Å². The Balaban J connectivity index is 1.39. The Morgan fingerprint density at radius 1 is 1.15 bits per heavy atom. The third-order valence-corrected chi connectivity index (χ3v) is 4.63. The summed E-state index contributed by atoms with van der Waals surface area (Å²) in [5.41, 5.74) is 1.91. The molecule has 26 heavy (non-hydrogen) atoms. The minimum absolute atomic E-state index is 0.0153. The summed E-state index contributed by atoms with van der Waals surface area (Å²) in [7, 11) is 0. The molecule has 5 nitrogen and oxygen atoms in total. The molecule has 0 radical (unpaired) electrons. The van der Waals surface area contributed by atoms with E-state index in [1.807, 2.05) is 6.07 Å². The van der Waals surface area contributed by atoms with Crippen LogP contribution in [0.5, 0.6) is 5.75 Å². The quantitative estimate of drug-likeness (QED) is 0.802. The minimum atomic E-state index is -0.144. The maximum absolute atomic E-state index is 12.1. The van der Waals surface area contributed by atoms with E-state index in [0.717, 1.165) is 32.5 Å². The second-order valence-electron chi connectivity index (χ2n) is 6.64. The topological polar surface area (TPSA) is 61.8 Å². The molecule has 5 heteroatoms. The van der Waals surface area contributed by atoms with Gasteiger partial charge >= 0.3 is 0 Å². The molecule has 2 N–H and O–H groups in total. The van der Waals surface area contributed by atoms with Gasteiger partial charge in [0.25, 0.3) is 5.91 Å². The van der Waals surface area contributed by atoms with Crippen molar-refractivity contribution in [2.45, 2.75) is 18.9 Å². The van der Waals surface area contributed by atoms with Crippen LogP contribution in [0.15, 0.2) is 54.6 Å². The Morgan fingerprint density at radius 3 is 2.69 bits per heavy atom. The van der Waals surface area contributed by atoms with Crippen molar-refractivity contribution in [2.75, 3.05) is 32.8 Å². The number of hydrogen-bond donors (Lipinski definition) is 2. The number of benzene rings is 2. The molecular formula is C21H26N2O3. The van der Waals surface area contributed by atoms with Gasteiger partial charge < -0.3 is 15.2 Å². The molecule has 0 spiro atoms. The summed E-state index contributed by atoms with van der Waals surface area (Å²) in [6.07, 6.45) is 2.22. The maximum atomic E-state index is 12.1. The van der Waals surface area contributed by atoms with Gasteiger partial charge in [-0.3, -0.25) is 9.69 Å². The molecule has 3 rings (SSSR count). The van der Waals surface area contributed by atoms with Gasteiger partial charge in [-0.25, -0.2) is 0 Å². The van der Waals surface area contributed by atoms with Crippen molar-refractivity contribution >= 4 is 5.91 Å². The number of morpholine rings is 1. The van der Waals surface area contributed by atoms with Crippen LogP contribution in [0.25, 0.3) is 0 Å². The zero-order valence-corrected chi connectivity index (χ0v) is 14.9. The van der Waals surface area contributed by atoms with Gasteiger partial charge in [-0.15, -0.1) is 0 Å². The number of aryl methyl sites for hydroxylation is 1. The molecule has 1 fully saturated rings. The van der Waals surface area contributed by atoms with E-state index in [1.54, 1.807) is 12.1 Å². The lowest BCUT2D eigenvalue weighted by molar-refractivity contribution is -0.0265. The molecule has 0 saturated carbocycles. The molecule has 1 aliphatic rings. The van der Waals surface area contributed by atoms with E-state index < -0.39 is 0 Å². The average molecular weight is 354 g/mol. The monoisotopic (exact) mass is 354 g/mol. The van der Waals surface area contributed by atoms with Crippen LogP contribution in [-0.2, 0) is 11.2 Å². The summed E-state index contributed by atoms with van der Waals surface area (Å²) >= 11 is 0. The summed E-state index contributed by atoms with van der Waals surface area (Å²) < 4.78 is 5.78. The molecule has 0 bridgehead atoms. The Kier molecular flexibility index (Phi) is 6.63. The molecule has 0 aromatic heterocycles. The zero-order chi connectivity index (χ0) is 18.2. The number of ether oxygens (including phenoxy) is 1. The lowest BCUT2D eigenvalue weighted by Crippen LogP contribution is -2.47. The Morgan fingerprint density at radius 2 is 1.92 bits per heavy atom. The molecular weight excluding hydrogens is 328 g/mol. The predicted octanol–water partition coefficient (Wildman–Crippen LogP) is 2.46. The van der Waals surface area contributed by atoms with Crippen LogP contribution in [-0.4, -0.2) is 54.8 Å². The van der Waals surface area contributed by atoms with E-state index in [-0.39, 0.29) is 17.8 Å². The fourth-order valence-corrected chi connectivity index (χ4v) is 3.18. The normalized spacial score (nSPS) is 17.8. The van der Waals surface area contributed by atoms with Gasteiger partial charge in [0.15, 0.2) is 0 Å². The molecule has 1 aliphatic heterocycles. The van der Waals surface area contributed by atoms with Crippen LogP contribution >= 0.6 is 0 Å². The second kappa shape index (κ2) is 9.36. The van der Waals surface area contributed by atoms with Crippen LogP contribution in [0.2, 0.25) is 0 Å². The highest BCUT2D eigenvalue weighted by atomic mass is 16.5. The van der Waals surface area contributed by atoms with E-state index >= 15 is 0 Å². The molecule has 1 atom stereocenters. The fourth-order valence-electron chi connectivity index (χ4n) is 3.18. The third-order valence-electron chi connectivity index (χ3n) is 4.63. The van der Waals surface area contributed by atoms with Crippen LogP contribution in [0.3, 0.4) is 0 Å². The van der Waals surface area contributed by atoms with E-state index in [2.05, 4.69) is 34.5 Å². The molecule has 138 valence electrons. The number of hydrogen-bond acceptors (Lipinski definition) is 4. The highest BCUT2D eigenvalue weighted by Gasteiger charge is 2.20. The number of carbonyl (C=O) groups is 1. The maximum Gasteiger partial charge on any atom is 0.251 e. The van der Waals surface area contributed by atoms with E-state index in [9.17, 15) is 9.90 Å². The van der Waals surface area contributed by atoms with Gasteiger partial charge in [0, 0.05) is 25.2 Å². The van der Waals surface area contributed by atoms with Crippen molar-refractivity contribution < 1.29 is 14.6 Å². The number of nitrogens with zero attached hydrogens (tertiary/aromatic N) is 1. The van der Waals surface area contributed by atoms with Crippen molar-refractivity contribution in [3.8, 4) is 5.75 Å². The fraction of sp³-hybridized carbons (Fsp3) is 0.381. The third kappa shape index (κ3) is 5.58. The van der Waals surface area contributed by atoms with Gasteiger partial charge in [-0.1, -0.05) is 30.3 Å². The predicted molar refractivity (Wildman–Crippen MR) is 101 cm³/mol. The molecule has 1 saturated heterocycles. The standard InChI is InChI=1S/C21H26N2O3/c24-19-10-8-18(9-11-19)21(25)22-15-20-16-23(13-14-26-20)12-4-7-17-5-2-1-3-6-17/h1-3,5-6,8-11,20,24H,4,7,12-16H2,(H,22,25). The highest BCUT2D eigenvalue weighted by Crippen LogP contribution is 2.11. The first-order chi connectivity index (χ1) is 12.7. The van der Waals surface area contributed by atoms with E-state index in [1.165, 1.54) is 17.7 Å².